The molecule has 3 rings (SSSR count). The second-order valence-electron chi connectivity index (χ2n) is 7.96. The molecule has 0 unspecified atom stereocenters. The van der Waals surface area contributed by atoms with Crippen LogP contribution >= 0.6 is 11.8 Å². The Balaban J connectivity index is 2.31. The molecule has 2 atom stereocenters. The number of halogens is 3. The van der Waals surface area contributed by atoms with Crippen molar-refractivity contribution in [3.8, 4) is 0 Å². The summed E-state index contributed by atoms with van der Waals surface area (Å²) in [5.74, 6) is -1.98. The molecular weight excluding hydrogens is 437 g/mol. The van der Waals surface area contributed by atoms with Crippen LogP contribution in [0.3, 0.4) is 0 Å². The third-order valence-electron chi connectivity index (χ3n) is 5.63. The fraction of sp³-hybridized carbons (Fsp3) is 0.391. The number of nitrogens with two attached hydrogens (primary N) is 1. The van der Waals surface area contributed by atoms with Gasteiger partial charge in [-0.2, -0.15) is 10.1 Å². The highest BCUT2D eigenvalue weighted by molar-refractivity contribution is 8.15. The van der Waals surface area contributed by atoms with Crippen LogP contribution in [0.1, 0.15) is 36.5 Å². The van der Waals surface area contributed by atoms with Crippen molar-refractivity contribution in [3.63, 3.8) is 0 Å². The lowest BCUT2D eigenvalue weighted by Crippen LogP contribution is -2.50. The number of hydrogen-bond acceptors (Lipinski definition) is 4. The third-order valence-corrected chi connectivity index (χ3v) is 7.16. The van der Waals surface area contributed by atoms with E-state index in [9.17, 15) is 18.0 Å². The van der Waals surface area contributed by atoms with Crippen LogP contribution in [0.15, 0.2) is 41.5 Å². The van der Waals surface area contributed by atoms with Gasteiger partial charge in [-0.15, -0.1) is 0 Å². The van der Waals surface area contributed by atoms with Crippen LogP contribution in [0.2, 0.25) is 0 Å². The first-order valence-corrected chi connectivity index (χ1v) is 11.2. The van der Waals surface area contributed by atoms with Gasteiger partial charge >= 0.3 is 6.03 Å². The second-order valence-corrected chi connectivity index (χ2v) is 9.17. The van der Waals surface area contributed by atoms with Crippen LogP contribution < -0.4 is 5.73 Å². The molecule has 0 bridgehead atoms. The monoisotopic (exact) mass is 464 g/mol. The van der Waals surface area contributed by atoms with Gasteiger partial charge in [0.2, 0.25) is 0 Å². The van der Waals surface area contributed by atoms with Crippen LogP contribution in [-0.4, -0.2) is 41.6 Å². The Kier molecular flexibility index (Phi) is 7.19. The van der Waals surface area contributed by atoms with Crippen LogP contribution in [0, 0.1) is 30.3 Å². The van der Waals surface area contributed by atoms with E-state index in [1.54, 1.807) is 20.2 Å². The summed E-state index contributed by atoms with van der Waals surface area (Å²) in [4.78, 5) is 13.5. The number of urea groups is 1. The topological polar surface area (TPSA) is 61.9 Å². The zero-order valence-corrected chi connectivity index (χ0v) is 19.3. The average Bonchev–Trinajstić information content (AvgIpc) is 3.15. The van der Waals surface area contributed by atoms with E-state index >= 15 is 0 Å². The van der Waals surface area contributed by atoms with E-state index in [4.69, 9.17) is 5.73 Å². The van der Waals surface area contributed by atoms with Crippen molar-refractivity contribution >= 4 is 22.8 Å². The van der Waals surface area contributed by atoms with Crippen LogP contribution in [0.25, 0.3) is 0 Å². The van der Waals surface area contributed by atoms with Gasteiger partial charge in [-0.25, -0.2) is 18.0 Å². The molecule has 32 heavy (non-hydrogen) atoms. The van der Waals surface area contributed by atoms with E-state index in [0.29, 0.717) is 24.9 Å². The molecule has 1 aliphatic heterocycles. The smallest absolute Gasteiger partial charge is 0.330 e. The highest BCUT2D eigenvalue weighted by Gasteiger charge is 2.54. The molecule has 9 heteroatoms. The van der Waals surface area contributed by atoms with Crippen molar-refractivity contribution in [1.29, 1.82) is 0 Å². The number of rotatable bonds is 6. The first-order valence-electron chi connectivity index (χ1n) is 10.4. The number of hydrogen-bond donors (Lipinski definition) is 1. The number of nitrogens with zero attached hydrogens (tertiary/aromatic N) is 3. The number of carbonyl (C=O) groups excluding carboxylic acids is 1. The van der Waals surface area contributed by atoms with Gasteiger partial charge in [-0.05, 0) is 73.7 Å². The summed E-state index contributed by atoms with van der Waals surface area (Å²) in [6, 6.07) is 7.02. The highest BCUT2D eigenvalue weighted by atomic mass is 32.2. The van der Waals surface area contributed by atoms with E-state index in [1.165, 1.54) is 22.0 Å². The maximum absolute atomic E-state index is 14.7. The molecule has 0 aliphatic carbocycles. The van der Waals surface area contributed by atoms with Gasteiger partial charge in [-0.3, -0.25) is 0 Å². The molecular formula is C23H27F3N4OS. The van der Waals surface area contributed by atoms with E-state index in [0.717, 1.165) is 35.5 Å². The molecule has 172 valence electrons. The Morgan fingerprint density at radius 3 is 2.47 bits per heavy atom. The summed E-state index contributed by atoms with van der Waals surface area (Å²) < 4.78 is 43.1. The van der Waals surface area contributed by atoms with Crippen LogP contribution in [0.5, 0.6) is 0 Å². The van der Waals surface area contributed by atoms with Crippen molar-refractivity contribution in [2.24, 2.45) is 16.8 Å². The molecule has 0 aromatic heterocycles. The molecule has 0 fully saturated rings. The van der Waals surface area contributed by atoms with Crippen molar-refractivity contribution < 1.29 is 18.0 Å². The molecule has 0 saturated carbocycles. The number of aryl methyl sites for hydroxylation is 1. The first kappa shape index (κ1) is 24.1. The van der Waals surface area contributed by atoms with Gasteiger partial charge in [-0.1, -0.05) is 24.8 Å². The molecule has 0 radical (unpaired) electrons. The minimum absolute atomic E-state index is 0.0508. The Labute approximate surface area is 190 Å². The van der Waals surface area contributed by atoms with Crippen LogP contribution in [0.4, 0.5) is 18.0 Å². The molecule has 5 nitrogen and oxygen atoms in total. The van der Waals surface area contributed by atoms with Gasteiger partial charge in [0.1, 0.15) is 27.4 Å². The fourth-order valence-corrected chi connectivity index (χ4v) is 5.69. The fourth-order valence-electron chi connectivity index (χ4n) is 4.02. The quantitative estimate of drug-likeness (QED) is 0.652. The minimum atomic E-state index is -1.18. The predicted octanol–water partition coefficient (Wildman–Crippen LogP) is 5.03. The van der Waals surface area contributed by atoms with Gasteiger partial charge in [0, 0.05) is 19.7 Å². The maximum Gasteiger partial charge on any atom is 0.341 e. The van der Waals surface area contributed by atoms with Crippen molar-refractivity contribution in [2.45, 2.75) is 31.6 Å². The zero-order valence-electron chi connectivity index (χ0n) is 18.5. The molecule has 2 aromatic rings. The van der Waals surface area contributed by atoms with Crippen molar-refractivity contribution in [2.75, 3.05) is 20.6 Å². The Hall–Kier alpha value is -2.52. The number of amides is 2. The average molecular weight is 465 g/mol. The normalized spacial score (nSPS) is 19.1. The second kappa shape index (κ2) is 9.54. The van der Waals surface area contributed by atoms with E-state index in [-0.39, 0.29) is 16.5 Å². The zero-order chi connectivity index (χ0) is 23.6. The Morgan fingerprint density at radius 1 is 1.19 bits per heavy atom. The van der Waals surface area contributed by atoms with E-state index < -0.39 is 28.4 Å². The largest absolute Gasteiger partial charge is 0.341 e. The summed E-state index contributed by atoms with van der Waals surface area (Å²) in [5, 5.41) is 5.92. The lowest BCUT2D eigenvalue weighted by atomic mass is 9.85. The summed E-state index contributed by atoms with van der Waals surface area (Å²) >= 11 is 1.14. The summed E-state index contributed by atoms with van der Waals surface area (Å²) in [6.07, 6.45) is 1.12. The van der Waals surface area contributed by atoms with Gasteiger partial charge < -0.3 is 10.6 Å². The predicted molar refractivity (Wildman–Crippen MR) is 122 cm³/mol. The Bertz CT molecular complexity index is 1050. The number of benzene rings is 2. The lowest BCUT2D eigenvalue weighted by molar-refractivity contribution is 0.108. The number of hydrazone groups is 1. The summed E-state index contributed by atoms with van der Waals surface area (Å²) in [5.41, 5.74) is 7.16. The van der Waals surface area contributed by atoms with Gasteiger partial charge in [0.15, 0.2) is 0 Å². The molecule has 1 heterocycles. The minimum Gasteiger partial charge on any atom is -0.330 e. The lowest BCUT2D eigenvalue weighted by Gasteiger charge is -2.43. The first-order chi connectivity index (χ1) is 15.1. The van der Waals surface area contributed by atoms with Crippen molar-refractivity contribution in [1.82, 2.24) is 9.91 Å². The van der Waals surface area contributed by atoms with Gasteiger partial charge in [0.05, 0.1) is 0 Å². The molecule has 1 aliphatic rings. The standard InChI is InChI=1S/C23H27F3N4OS/c1-5-15(10-11-27)23(19-13-17(25)7-6-14(19)2)30(22(31)29(3)4)28-21(32-23)18-12-16(24)8-9-20(18)26/h6-9,12-13,15H,5,10-11,27H2,1-4H3/t15-,23-/m0/s1. The van der Waals surface area contributed by atoms with Gasteiger partial charge in [0.25, 0.3) is 0 Å². The molecule has 2 N–H and O–H groups in total. The van der Waals surface area contributed by atoms with Crippen molar-refractivity contribution in [3.05, 3.63) is 70.5 Å². The molecule has 0 saturated heterocycles. The third kappa shape index (κ3) is 4.23. The maximum atomic E-state index is 14.7. The molecule has 2 amide bonds. The number of carbonyl (C=O) groups is 1. The Morgan fingerprint density at radius 2 is 1.84 bits per heavy atom. The van der Waals surface area contributed by atoms with E-state index in [2.05, 4.69) is 5.10 Å². The molecule has 2 aromatic carbocycles. The number of thioether (sulfide) groups is 1. The van der Waals surface area contributed by atoms with E-state index in [1.807, 2.05) is 13.8 Å². The van der Waals surface area contributed by atoms with Crippen LogP contribution in [-0.2, 0) is 4.87 Å². The molecule has 0 spiro atoms. The summed E-state index contributed by atoms with van der Waals surface area (Å²) in [6.45, 7) is 4.12. The SMILES string of the molecule is CC[C@@H](CCN)[C@@]1(c2cc(F)ccc2C)SC(c2cc(F)ccc2F)=NN1C(=O)N(C)C. The summed E-state index contributed by atoms with van der Waals surface area (Å²) in [7, 11) is 3.16. The highest BCUT2D eigenvalue weighted by Crippen LogP contribution is 2.55.